The molecule has 0 saturated carbocycles. The molecule has 0 aliphatic carbocycles. The van der Waals surface area contributed by atoms with Crippen LogP contribution in [0, 0.1) is 30.2 Å². The molecule has 29 heavy (non-hydrogen) atoms. The Bertz CT molecular complexity index is 988. The van der Waals surface area contributed by atoms with Crippen LogP contribution in [0.1, 0.15) is 47.0 Å². The minimum atomic E-state index is -2.38. The second-order valence-corrected chi connectivity index (χ2v) is 5.28. The topological polar surface area (TPSA) is 149 Å². The zero-order chi connectivity index (χ0) is 22.6. The van der Waals surface area contributed by atoms with E-state index >= 15 is 0 Å². The van der Waals surface area contributed by atoms with Crippen LogP contribution in [0.4, 0.5) is 17.6 Å². The van der Waals surface area contributed by atoms with Gasteiger partial charge in [-0.25, -0.2) is 36.7 Å². The summed E-state index contributed by atoms with van der Waals surface area (Å²) >= 11 is 0. The summed E-state index contributed by atoms with van der Waals surface area (Å²) in [5.74, 6) is -16.1. The fraction of sp³-hybridized carbons (Fsp3) is 0.0588. The molecule has 0 heterocycles. The van der Waals surface area contributed by atoms with E-state index in [1.165, 1.54) is 12.1 Å². The van der Waals surface area contributed by atoms with E-state index in [2.05, 4.69) is 0 Å². The van der Waals surface area contributed by atoms with Gasteiger partial charge in [-0.05, 0) is 19.1 Å². The summed E-state index contributed by atoms with van der Waals surface area (Å²) in [6.45, 7) is 1.71. The third kappa shape index (κ3) is 4.86. The monoisotopic (exact) mass is 418 g/mol. The van der Waals surface area contributed by atoms with Crippen LogP contribution in [0.2, 0.25) is 0 Å². The normalized spacial score (nSPS) is 9.97. The van der Waals surface area contributed by atoms with Crippen LogP contribution in [0.15, 0.2) is 18.2 Å². The molecule has 0 unspecified atom stereocenters. The molecule has 0 spiro atoms. The van der Waals surface area contributed by atoms with Gasteiger partial charge in [-0.2, -0.15) is 0 Å². The average molecular weight is 418 g/mol. The van der Waals surface area contributed by atoms with Gasteiger partial charge in [0.2, 0.25) is 0 Å². The first-order chi connectivity index (χ1) is 13.3. The Morgan fingerprint density at radius 1 is 0.621 bits per heavy atom. The average Bonchev–Trinajstić information content (AvgIpc) is 2.62. The van der Waals surface area contributed by atoms with E-state index in [0.29, 0.717) is 0 Å². The molecule has 8 nitrogen and oxygen atoms in total. The van der Waals surface area contributed by atoms with Crippen LogP contribution in [0.25, 0.3) is 0 Å². The summed E-state index contributed by atoms with van der Waals surface area (Å²) < 4.78 is 51.0. The Morgan fingerprint density at radius 2 is 1.00 bits per heavy atom. The first kappa shape index (κ1) is 23.1. The van der Waals surface area contributed by atoms with Gasteiger partial charge in [0, 0.05) is 0 Å². The summed E-state index contributed by atoms with van der Waals surface area (Å²) in [7, 11) is 0. The number of hydrogen-bond donors (Lipinski definition) is 4. The van der Waals surface area contributed by atoms with E-state index < -0.39 is 58.3 Å². The van der Waals surface area contributed by atoms with Gasteiger partial charge in [-0.1, -0.05) is 11.6 Å². The zero-order valence-electron chi connectivity index (χ0n) is 14.2. The van der Waals surface area contributed by atoms with Crippen LogP contribution >= 0.6 is 0 Å². The van der Waals surface area contributed by atoms with E-state index in [4.69, 9.17) is 20.4 Å². The van der Waals surface area contributed by atoms with Crippen molar-refractivity contribution < 1.29 is 57.2 Å². The first-order valence-electron chi connectivity index (χ1n) is 7.20. The van der Waals surface area contributed by atoms with Crippen molar-refractivity contribution in [3.63, 3.8) is 0 Å². The molecule has 0 saturated heterocycles. The predicted octanol–water partition coefficient (Wildman–Crippen LogP) is 3.03. The number of hydrogen-bond acceptors (Lipinski definition) is 4. The van der Waals surface area contributed by atoms with Gasteiger partial charge < -0.3 is 20.4 Å². The van der Waals surface area contributed by atoms with E-state index in [9.17, 15) is 36.7 Å². The smallest absolute Gasteiger partial charge is 0.339 e. The number of aryl methyl sites for hydroxylation is 1. The molecule has 2 rings (SSSR count). The summed E-state index contributed by atoms with van der Waals surface area (Å²) in [6.07, 6.45) is 0. The molecule has 0 atom stereocenters. The molecular formula is C17H10F4O8. The molecule has 4 N–H and O–H groups in total. The molecular weight excluding hydrogens is 408 g/mol. The third-order valence-electron chi connectivity index (χ3n) is 3.33. The SMILES string of the molecule is Cc1ccc(C(=O)O)c(C(=O)O)c1.O=C(O)c1c(F)c(F)c(F)c(F)c1C(=O)O. The van der Waals surface area contributed by atoms with Gasteiger partial charge in [0.25, 0.3) is 0 Å². The quantitative estimate of drug-likeness (QED) is 0.336. The van der Waals surface area contributed by atoms with Crippen LogP contribution in [-0.2, 0) is 0 Å². The number of rotatable bonds is 4. The van der Waals surface area contributed by atoms with Crippen LogP contribution in [0.5, 0.6) is 0 Å². The Morgan fingerprint density at radius 3 is 1.31 bits per heavy atom. The van der Waals surface area contributed by atoms with Gasteiger partial charge in [0.05, 0.1) is 11.1 Å². The van der Waals surface area contributed by atoms with Crippen LogP contribution in [0.3, 0.4) is 0 Å². The zero-order valence-corrected chi connectivity index (χ0v) is 14.2. The fourth-order valence-corrected chi connectivity index (χ4v) is 2.05. The van der Waals surface area contributed by atoms with E-state index in [0.717, 1.165) is 5.56 Å². The summed E-state index contributed by atoms with van der Waals surface area (Å²) in [4.78, 5) is 42.0. The van der Waals surface area contributed by atoms with Crippen molar-refractivity contribution >= 4 is 23.9 Å². The lowest BCUT2D eigenvalue weighted by molar-refractivity contribution is 0.0639. The molecule has 0 aliphatic rings. The van der Waals surface area contributed by atoms with Crippen molar-refractivity contribution in [2.45, 2.75) is 6.92 Å². The van der Waals surface area contributed by atoms with Crippen LogP contribution < -0.4 is 0 Å². The number of carboxylic acids is 4. The van der Waals surface area contributed by atoms with Gasteiger partial charge in [0.1, 0.15) is 11.1 Å². The standard InChI is InChI=1S/C9H8O4.C8H2F4O4/c1-5-2-3-6(8(10)11)7(4-5)9(12)13;9-3-1(7(13)14)2(8(15)16)4(10)6(12)5(3)11/h2-4H,1H3,(H,10,11)(H,12,13);(H,13,14)(H,15,16). The van der Waals surface area contributed by atoms with Crippen molar-refractivity contribution in [2.24, 2.45) is 0 Å². The highest BCUT2D eigenvalue weighted by atomic mass is 19.2. The summed E-state index contributed by atoms with van der Waals surface area (Å²) in [6, 6.07) is 4.20. The van der Waals surface area contributed by atoms with E-state index in [-0.39, 0.29) is 11.1 Å². The number of carbonyl (C=O) groups is 4. The Hall–Kier alpha value is -3.96. The van der Waals surface area contributed by atoms with Gasteiger partial charge in [0.15, 0.2) is 23.3 Å². The maximum Gasteiger partial charge on any atom is 0.339 e. The molecule has 0 aliphatic heterocycles. The van der Waals surface area contributed by atoms with Crippen molar-refractivity contribution in [2.75, 3.05) is 0 Å². The molecule has 2 aromatic rings. The van der Waals surface area contributed by atoms with Crippen molar-refractivity contribution in [1.29, 1.82) is 0 Å². The Labute approximate surface area is 158 Å². The van der Waals surface area contributed by atoms with Crippen molar-refractivity contribution in [3.8, 4) is 0 Å². The first-order valence-corrected chi connectivity index (χ1v) is 7.20. The maximum absolute atomic E-state index is 12.9. The maximum atomic E-state index is 12.9. The van der Waals surface area contributed by atoms with Gasteiger partial charge in [-0.15, -0.1) is 0 Å². The third-order valence-corrected chi connectivity index (χ3v) is 3.33. The highest BCUT2D eigenvalue weighted by molar-refractivity contribution is 6.02. The van der Waals surface area contributed by atoms with Gasteiger partial charge >= 0.3 is 23.9 Å². The van der Waals surface area contributed by atoms with Crippen molar-refractivity contribution in [3.05, 3.63) is 69.3 Å². The fourth-order valence-electron chi connectivity index (χ4n) is 2.05. The summed E-state index contributed by atoms with van der Waals surface area (Å²) in [5, 5.41) is 34.1. The lowest BCUT2D eigenvalue weighted by Crippen LogP contribution is -2.17. The number of halogens is 4. The molecule has 0 radical (unpaired) electrons. The molecule has 12 heteroatoms. The lowest BCUT2D eigenvalue weighted by atomic mass is 10.0. The molecule has 2 aromatic carbocycles. The minimum Gasteiger partial charge on any atom is -0.478 e. The molecule has 0 aromatic heterocycles. The molecule has 0 fully saturated rings. The van der Waals surface area contributed by atoms with E-state index in [1.54, 1.807) is 13.0 Å². The molecule has 154 valence electrons. The molecule has 0 amide bonds. The van der Waals surface area contributed by atoms with Crippen molar-refractivity contribution in [1.82, 2.24) is 0 Å². The van der Waals surface area contributed by atoms with Crippen LogP contribution in [-0.4, -0.2) is 44.3 Å². The lowest BCUT2D eigenvalue weighted by Gasteiger charge is -2.06. The second kappa shape index (κ2) is 8.82. The predicted molar refractivity (Wildman–Crippen MR) is 85.3 cm³/mol. The Balaban J connectivity index is 0.000000296. The number of benzene rings is 2. The second-order valence-electron chi connectivity index (χ2n) is 5.28. The molecule has 0 bridgehead atoms. The Kier molecular flexibility index (Phi) is 7.02. The highest BCUT2D eigenvalue weighted by Gasteiger charge is 2.32. The largest absolute Gasteiger partial charge is 0.478 e. The number of aromatic carboxylic acids is 4. The summed E-state index contributed by atoms with van der Waals surface area (Å²) in [5.41, 5.74) is -3.15. The highest BCUT2D eigenvalue weighted by Crippen LogP contribution is 2.24. The van der Waals surface area contributed by atoms with E-state index in [1.807, 2.05) is 0 Å². The van der Waals surface area contributed by atoms with Gasteiger partial charge in [-0.3, -0.25) is 0 Å². The minimum absolute atomic E-state index is 0.174. The number of carboxylic acid groups (broad SMARTS) is 4.